The first kappa shape index (κ1) is 13.6. The standard InChI is InChI=1S/C17H13ClN2O/c1-12-5-2-3-6-13(12)10-16(17-19-11-20-21-17)14-7-4-8-15(18)9-14/h2-11H,1H3/b16-10+. The predicted molar refractivity (Wildman–Crippen MR) is 83.9 cm³/mol. The van der Waals surface area contributed by atoms with Crippen LogP contribution in [-0.2, 0) is 0 Å². The lowest BCUT2D eigenvalue weighted by Gasteiger charge is -2.06. The third-order valence-corrected chi connectivity index (χ3v) is 3.45. The van der Waals surface area contributed by atoms with Gasteiger partial charge in [-0.1, -0.05) is 53.2 Å². The molecule has 0 amide bonds. The first-order valence-corrected chi connectivity index (χ1v) is 6.92. The van der Waals surface area contributed by atoms with Crippen molar-refractivity contribution in [1.82, 2.24) is 10.1 Å². The van der Waals surface area contributed by atoms with E-state index in [-0.39, 0.29) is 0 Å². The van der Waals surface area contributed by atoms with E-state index < -0.39 is 0 Å². The number of halogens is 1. The number of aromatic nitrogens is 2. The molecular weight excluding hydrogens is 284 g/mol. The molecule has 0 spiro atoms. The topological polar surface area (TPSA) is 38.9 Å². The van der Waals surface area contributed by atoms with Crippen molar-refractivity contribution in [2.75, 3.05) is 0 Å². The molecule has 0 N–H and O–H groups in total. The molecule has 0 fully saturated rings. The molecule has 0 atom stereocenters. The quantitative estimate of drug-likeness (QED) is 0.662. The van der Waals surface area contributed by atoms with E-state index in [0.29, 0.717) is 10.9 Å². The average Bonchev–Trinajstić information content (AvgIpc) is 3.00. The molecule has 0 aliphatic heterocycles. The van der Waals surface area contributed by atoms with Crippen LogP contribution in [-0.4, -0.2) is 10.1 Å². The average molecular weight is 297 g/mol. The van der Waals surface area contributed by atoms with Gasteiger partial charge in [0.2, 0.25) is 0 Å². The largest absolute Gasteiger partial charge is 0.334 e. The first-order valence-electron chi connectivity index (χ1n) is 6.54. The van der Waals surface area contributed by atoms with Gasteiger partial charge in [-0.3, -0.25) is 0 Å². The molecule has 3 nitrogen and oxygen atoms in total. The van der Waals surface area contributed by atoms with Crippen LogP contribution < -0.4 is 0 Å². The highest BCUT2D eigenvalue weighted by atomic mass is 35.5. The van der Waals surface area contributed by atoms with E-state index in [9.17, 15) is 0 Å². The van der Waals surface area contributed by atoms with Gasteiger partial charge in [0, 0.05) is 10.6 Å². The Morgan fingerprint density at radius 1 is 1.14 bits per heavy atom. The Balaban J connectivity index is 2.16. The van der Waals surface area contributed by atoms with Gasteiger partial charge >= 0.3 is 0 Å². The number of hydrogen-bond donors (Lipinski definition) is 0. The number of aryl methyl sites for hydroxylation is 1. The SMILES string of the molecule is Cc1ccccc1/C=C(\c1cccc(Cl)c1)c1ncno1. The van der Waals surface area contributed by atoms with Gasteiger partial charge in [-0.25, -0.2) is 0 Å². The molecule has 104 valence electrons. The van der Waals surface area contributed by atoms with Gasteiger partial charge < -0.3 is 4.52 Å². The third kappa shape index (κ3) is 3.03. The van der Waals surface area contributed by atoms with Gasteiger partial charge in [0.1, 0.15) is 0 Å². The minimum atomic E-state index is 0.473. The summed E-state index contributed by atoms with van der Waals surface area (Å²) in [5.41, 5.74) is 4.07. The lowest BCUT2D eigenvalue weighted by molar-refractivity contribution is 0.407. The van der Waals surface area contributed by atoms with E-state index in [1.807, 2.05) is 42.5 Å². The van der Waals surface area contributed by atoms with Crippen molar-refractivity contribution < 1.29 is 4.52 Å². The van der Waals surface area contributed by atoms with Crippen molar-refractivity contribution in [2.24, 2.45) is 0 Å². The predicted octanol–water partition coefficient (Wildman–Crippen LogP) is 4.62. The van der Waals surface area contributed by atoms with Crippen LogP contribution in [0.15, 0.2) is 59.4 Å². The minimum Gasteiger partial charge on any atom is -0.334 e. The van der Waals surface area contributed by atoms with Crippen LogP contribution in [0.1, 0.15) is 22.6 Å². The summed E-state index contributed by atoms with van der Waals surface area (Å²) in [7, 11) is 0. The zero-order chi connectivity index (χ0) is 14.7. The van der Waals surface area contributed by atoms with Gasteiger partial charge in [0.25, 0.3) is 5.89 Å². The van der Waals surface area contributed by atoms with E-state index in [1.54, 1.807) is 0 Å². The van der Waals surface area contributed by atoms with Crippen molar-refractivity contribution in [3.05, 3.63) is 82.5 Å². The maximum absolute atomic E-state index is 6.09. The molecule has 0 saturated carbocycles. The number of hydrogen-bond acceptors (Lipinski definition) is 3. The summed E-state index contributed by atoms with van der Waals surface area (Å²) in [4.78, 5) is 4.16. The Morgan fingerprint density at radius 2 is 2.00 bits per heavy atom. The maximum atomic E-state index is 6.09. The number of benzene rings is 2. The molecular formula is C17H13ClN2O. The van der Waals surface area contributed by atoms with E-state index in [0.717, 1.165) is 16.7 Å². The summed E-state index contributed by atoms with van der Waals surface area (Å²) < 4.78 is 5.23. The van der Waals surface area contributed by atoms with Crippen LogP contribution in [0.2, 0.25) is 5.02 Å². The van der Waals surface area contributed by atoms with Gasteiger partial charge in [0.15, 0.2) is 6.33 Å². The molecule has 21 heavy (non-hydrogen) atoms. The highest BCUT2D eigenvalue weighted by Crippen LogP contribution is 2.27. The highest BCUT2D eigenvalue weighted by Gasteiger charge is 2.12. The van der Waals surface area contributed by atoms with E-state index in [1.165, 1.54) is 11.9 Å². The molecule has 0 aliphatic carbocycles. The molecule has 1 heterocycles. The van der Waals surface area contributed by atoms with Crippen LogP contribution >= 0.6 is 11.6 Å². The Bertz CT molecular complexity index is 779. The lowest BCUT2D eigenvalue weighted by atomic mass is 10.0. The Kier molecular flexibility index (Phi) is 3.84. The third-order valence-electron chi connectivity index (χ3n) is 3.22. The van der Waals surface area contributed by atoms with Crippen LogP contribution in [0.4, 0.5) is 0 Å². The molecule has 0 radical (unpaired) electrons. The Labute approximate surface area is 127 Å². The van der Waals surface area contributed by atoms with E-state index in [4.69, 9.17) is 16.1 Å². The molecule has 0 aliphatic rings. The van der Waals surface area contributed by atoms with Gasteiger partial charge in [0.05, 0.1) is 0 Å². The second kappa shape index (κ2) is 5.94. The molecule has 2 aromatic carbocycles. The van der Waals surface area contributed by atoms with Crippen LogP contribution in [0, 0.1) is 6.92 Å². The number of rotatable bonds is 3. The van der Waals surface area contributed by atoms with Crippen molar-refractivity contribution in [3.8, 4) is 0 Å². The van der Waals surface area contributed by atoms with E-state index >= 15 is 0 Å². The van der Waals surface area contributed by atoms with Gasteiger partial charge in [-0.2, -0.15) is 4.98 Å². The molecule has 3 aromatic rings. The van der Waals surface area contributed by atoms with Crippen LogP contribution in [0.5, 0.6) is 0 Å². The maximum Gasteiger partial charge on any atom is 0.258 e. The summed E-state index contributed by atoms with van der Waals surface area (Å²) in [6.07, 6.45) is 3.43. The molecule has 1 aromatic heterocycles. The normalized spacial score (nSPS) is 11.6. The van der Waals surface area contributed by atoms with Crippen LogP contribution in [0.3, 0.4) is 0 Å². The van der Waals surface area contributed by atoms with Crippen molar-refractivity contribution in [2.45, 2.75) is 6.92 Å². The zero-order valence-corrected chi connectivity index (χ0v) is 12.2. The Morgan fingerprint density at radius 3 is 2.71 bits per heavy atom. The van der Waals surface area contributed by atoms with Crippen LogP contribution in [0.25, 0.3) is 11.6 Å². The van der Waals surface area contributed by atoms with E-state index in [2.05, 4.69) is 29.2 Å². The van der Waals surface area contributed by atoms with Gasteiger partial charge in [-0.05, 0) is 41.8 Å². The molecule has 4 heteroatoms. The summed E-state index contributed by atoms with van der Waals surface area (Å²) in [6, 6.07) is 15.7. The lowest BCUT2D eigenvalue weighted by Crippen LogP contribution is -1.90. The molecule has 0 saturated heterocycles. The fourth-order valence-electron chi connectivity index (χ4n) is 2.12. The first-order chi connectivity index (χ1) is 10.2. The van der Waals surface area contributed by atoms with Crippen molar-refractivity contribution >= 4 is 23.3 Å². The summed E-state index contributed by atoms with van der Waals surface area (Å²) in [6.45, 7) is 2.06. The van der Waals surface area contributed by atoms with Crippen molar-refractivity contribution in [3.63, 3.8) is 0 Å². The smallest absolute Gasteiger partial charge is 0.258 e. The Hall–Kier alpha value is -2.39. The molecule has 3 rings (SSSR count). The summed E-state index contributed by atoms with van der Waals surface area (Å²) >= 11 is 6.09. The monoisotopic (exact) mass is 296 g/mol. The second-order valence-corrected chi connectivity index (χ2v) is 5.11. The van der Waals surface area contributed by atoms with Gasteiger partial charge in [-0.15, -0.1) is 0 Å². The minimum absolute atomic E-state index is 0.473. The summed E-state index contributed by atoms with van der Waals surface area (Å²) in [5.74, 6) is 0.473. The fourth-order valence-corrected chi connectivity index (χ4v) is 2.31. The zero-order valence-electron chi connectivity index (χ0n) is 11.5. The summed E-state index contributed by atoms with van der Waals surface area (Å²) in [5, 5.41) is 4.36. The number of nitrogens with zero attached hydrogens (tertiary/aromatic N) is 2. The molecule has 0 bridgehead atoms. The fraction of sp³-hybridized carbons (Fsp3) is 0.0588. The van der Waals surface area contributed by atoms with Crippen molar-refractivity contribution in [1.29, 1.82) is 0 Å². The second-order valence-electron chi connectivity index (χ2n) is 4.67. The molecule has 0 unspecified atom stereocenters. The highest BCUT2D eigenvalue weighted by molar-refractivity contribution is 6.30.